The lowest BCUT2D eigenvalue weighted by Crippen LogP contribution is -2.29. The molecule has 5 aromatic rings. The molecule has 1 atom stereocenters. The van der Waals surface area contributed by atoms with Crippen LogP contribution in [0.3, 0.4) is 0 Å². The molecule has 4 aromatic carbocycles. The van der Waals surface area contributed by atoms with Gasteiger partial charge in [-0.2, -0.15) is 4.72 Å². The van der Waals surface area contributed by atoms with Crippen LogP contribution in [0.4, 0.5) is 0 Å². The highest BCUT2D eigenvalue weighted by atomic mass is 35.5. The Morgan fingerprint density at radius 3 is 2.36 bits per heavy atom. The van der Waals surface area contributed by atoms with Crippen LogP contribution in [-0.2, 0) is 16.6 Å². The molecule has 36 heavy (non-hydrogen) atoms. The topological polar surface area (TPSA) is 68.2 Å². The Morgan fingerprint density at radius 2 is 1.61 bits per heavy atom. The summed E-state index contributed by atoms with van der Waals surface area (Å²) in [6.07, 6.45) is 0. The van der Waals surface area contributed by atoms with Crippen LogP contribution in [-0.4, -0.2) is 13.0 Å². The fourth-order valence-corrected chi connectivity index (χ4v) is 6.65. The monoisotopic (exact) mass is 534 g/mol. The van der Waals surface area contributed by atoms with E-state index in [0.29, 0.717) is 21.8 Å². The molecule has 0 amide bonds. The number of fused-ring (bicyclic) bond motifs is 1. The summed E-state index contributed by atoms with van der Waals surface area (Å²) in [5.41, 5.74) is 4.22. The van der Waals surface area contributed by atoms with Crippen LogP contribution in [0.25, 0.3) is 10.2 Å². The Morgan fingerprint density at radius 1 is 0.889 bits per heavy atom. The Hall–Kier alpha value is -3.23. The van der Waals surface area contributed by atoms with Gasteiger partial charge in [0, 0.05) is 5.02 Å². The fourth-order valence-electron chi connectivity index (χ4n) is 4.21. The van der Waals surface area contributed by atoms with E-state index < -0.39 is 16.1 Å². The van der Waals surface area contributed by atoms with Gasteiger partial charge < -0.3 is 0 Å². The zero-order chi connectivity index (χ0) is 25.3. The molecular formula is C28H23ClN2O3S2. The highest BCUT2D eigenvalue weighted by Gasteiger charge is 2.24. The van der Waals surface area contributed by atoms with Crippen LogP contribution >= 0.6 is 22.9 Å². The second-order valence-corrected chi connectivity index (χ2v) is 11.7. The molecule has 1 aromatic heterocycles. The SMILES string of the molecule is Cc1cccc(C(NS(=O)(=O)c2ccc3c(c2)sc(=O)n3Cc2ccccc2Cl)c2ccccc2)c1. The second kappa shape index (κ2) is 10.0. The summed E-state index contributed by atoms with van der Waals surface area (Å²) < 4.78 is 32.2. The van der Waals surface area contributed by atoms with E-state index in [1.54, 1.807) is 22.8 Å². The van der Waals surface area contributed by atoms with E-state index in [0.717, 1.165) is 33.6 Å². The van der Waals surface area contributed by atoms with Crippen molar-refractivity contribution in [2.75, 3.05) is 0 Å². The second-order valence-electron chi connectivity index (χ2n) is 8.55. The van der Waals surface area contributed by atoms with Crippen molar-refractivity contribution < 1.29 is 8.42 Å². The Bertz CT molecular complexity index is 1710. The zero-order valence-electron chi connectivity index (χ0n) is 19.4. The third-order valence-corrected chi connectivity index (χ3v) is 8.75. The Kier molecular flexibility index (Phi) is 6.81. The fraction of sp³-hybridized carbons (Fsp3) is 0.107. The predicted molar refractivity (Wildman–Crippen MR) is 146 cm³/mol. The molecule has 1 heterocycles. The van der Waals surface area contributed by atoms with Gasteiger partial charge >= 0.3 is 4.87 Å². The maximum atomic E-state index is 13.5. The Labute approximate surface area is 218 Å². The van der Waals surface area contributed by atoms with Gasteiger partial charge in [-0.15, -0.1) is 0 Å². The van der Waals surface area contributed by atoms with E-state index in [9.17, 15) is 13.2 Å². The van der Waals surface area contributed by atoms with Crippen LogP contribution in [0.1, 0.15) is 28.3 Å². The summed E-state index contributed by atoms with van der Waals surface area (Å²) in [7, 11) is -3.91. The minimum absolute atomic E-state index is 0.106. The largest absolute Gasteiger partial charge is 0.308 e. The van der Waals surface area contributed by atoms with Gasteiger partial charge in [-0.3, -0.25) is 9.36 Å². The third kappa shape index (κ3) is 5.01. The van der Waals surface area contributed by atoms with E-state index in [4.69, 9.17) is 11.6 Å². The molecule has 0 saturated heterocycles. The van der Waals surface area contributed by atoms with Crippen LogP contribution in [0.5, 0.6) is 0 Å². The third-order valence-electron chi connectivity index (χ3n) is 6.02. The average molecular weight is 535 g/mol. The van der Waals surface area contributed by atoms with Crippen molar-refractivity contribution in [3.63, 3.8) is 0 Å². The molecule has 0 aliphatic heterocycles. The van der Waals surface area contributed by atoms with E-state index >= 15 is 0 Å². The molecule has 5 rings (SSSR count). The van der Waals surface area contributed by atoms with Crippen molar-refractivity contribution >= 4 is 43.2 Å². The number of benzene rings is 4. The number of nitrogens with one attached hydrogen (secondary N) is 1. The van der Waals surface area contributed by atoms with Gasteiger partial charge in [0.1, 0.15) is 0 Å². The first-order valence-electron chi connectivity index (χ1n) is 11.3. The number of rotatable bonds is 7. The number of hydrogen-bond donors (Lipinski definition) is 1. The lowest BCUT2D eigenvalue weighted by atomic mass is 9.98. The number of aryl methyl sites for hydroxylation is 1. The highest BCUT2D eigenvalue weighted by molar-refractivity contribution is 7.89. The maximum Gasteiger partial charge on any atom is 0.308 e. The van der Waals surface area contributed by atoms with Gasteiger partial charge in [0.15, 0.2) is 0 Å². The van der Waals surface area contributed by atoms with E-state index in [-0.39, 0.29) is 9.77 Å². The van der Waals surface area contributed by atoms with Crippen LogP contribution in [0, 0.1) is 6.92 Å². The molecule has 8 heteroatoms. The van der Waals surface area contributed by atoms with Crippen molar-refractivity contribution in [2.45, 2.75) is 24.4 Å². The number of sulfonamides is 1. The van der Waals surface area contributed by atoms with E-state index in [1.807, 2.05) is 79.7 Å². The summed E-state index contributed by atoms with van der Waals surface area (Å²) in [6, 6.07) is 28.8. The molecule has 0 aliphatic carbocycles. The molecule has 1 N–H and O–H groups in total. The van der Waals surface area contributed by atoms with Gasteiger partial charge in [-0.25, -0.2) is 8.42 Å². The van der Waals surface area contributed by atoms with E-state index in [1.165, 1.54) is 6.07 Å². The van der Waals surface area contributed by atoms with Crippen molar-refractivity contribution in [1.82, 2.24) is 9.29 Å². The quantitative estimate of drug-likeness (QED) is 0.272. The highest BCUT2D eigenvalue weighted by Crippen LogP contribution is 2.28. The van der Waals surface area contributed by atoms with Crippen molar-refractivity contribution in [3.8, 4) is 0 Å². The molecule has 0 spiro atoms. The molecule has 0 radical (unpaired) electrons. The van der Waals surface area contributed by atoms with Crippen molar-refractivity contribution in [3.05, 3.63) is 134 Å². The molecule has 0 saturated carbocycles. The number of halogens is 1. The standard InChI is InChI=1S/C28H23ClN2O3S2/c1-19-8-7-12-21(16-19)27(20-9-3-2-4-10-20)30-36(33,34)23-14-15-25-26(17-23)35-28(32)31(25)18-22-11-5-6-13-24(22)29/h2-17,27,30H,18H2,1H3. The molecule has 5 nitrogen and oxygen atoms in total. The normalized spacial score (nSPS) is 12.6. The minimum Gasteiger partial charge on any atom is -0.294 e. The van der Waals surface area contributed by atoms with Crippen molar-refractivity contribution in [1.29, 1.82) is 0 Å². The summed E-state index contributed by atoms with van der Waals surface area (Å²) in [5.74, 6) is 0. The van der Waals surface area contributed by atoms with E-state index in [2.05, 4.69) is 4.72 Å². The summed E-state index contributed by atoms with van der Waals surface area (Å²) in [4.78, 5) is 12.7. The number of nitrogens with zero attached hydrogens (tertiary/aromatic N) is 1. The minimum atomic E-state index is -3.91. The molecule has 0 fully saturated rings. The summed E-state index contributed by atoms with van der Waals surface area (Å²) in [6.45, 7) is 2.29. The zero-order valence-corrected chi connectivity index (χ0v) is 21.8. The Balaban J connectivity index is 1.51. The van der Waals surface area contributed by atoms with Gasteiger partial charge in [-0.05, 0) is 47.9 Å². The summed E-state index contributed by atoms with van der Waals surface area (Å²) >= 11 is 7.31. The van der Waals surface area contributed by atoms with Crippen molar-refractivity contribution in [2.24, 2.45) is 0 Å². The number of thiazole rings is 1. The molecule has 0 aliphatic rings. The molecular weight excluding hydrogens is 512 g/mol. The molecule has 1 unspecified atom stereocenters. The van der Waals surface area contributed by atoms with Crippen LogP contribution in [0.2, 0.25) is 5.02 Å². The first-order chi connectivity index (χ1) is 17.3. The maximum absolute atomic E-state index is 13.5. The van der Waals surface area contributed by atoms with Crippen LogP contribution < -0.4 is 9.60 Å². The predicted octanol–water partition coefficient (Wildman–Crippen LogP) is 6.14. The summed E-state index contributed by atoms with van der Waals surface area (Å²) in [5, 5.41) is 0.579. The van der Waals surface area contributed by atoms with Gasteiger partial charge in [0.05, 0.1) is 27.7 Å². The number of aromatic nitrogens is 1. The smallest absolute Gasteiger partial charge is 0.294 e. The molecule has 0 bridgehead atoms. The van der Waals surface area contributed by atoms with Gasteiger partial charge in [-0.1, -0.05) is 101 Å². The molecule has 182 valence electrons. The lowest BCUT2D eigenvalue weighted by molar-refractivity contribution is 0.572. The average Bonchev–Trinajstić information content (AvgIpc) is 3.18. The van der Waals surface area contributed by atoms with Gasteiger partial charge in [0.25, 0.3) is 0 Å². The number of hydrogen-bond acceptors (Lipinski definition) is 4. The van der Waals surface area contributed by atoms with Crippen LogP contribution in [0.15, 0.2) is 107 Å². The first kappa shape index (κ1) is 24.5. The first-order valence-corrected chi connectivity index (χ1v) is 14.0. The van der Waals surface area contributed by atoms with Gasteiger partial charge in [0.2, 0.25) is 10.0 Å². The lowest BCUT2D eigenvalue weighted by Gasteiger charge is -2.20.